The first-order valence-electron chi connectivity index (χ1n) is 7.15. The van der Waals surface area contributed by atoms with E-state index in [4.69, 9.17) is 9.72 Å². The quantitative estimate of drug-likeness (QED) is 0.902. The van der Waals surface area contributed by atoms with Crippen molar-refractivity contribution in [1.82, 2.24) is 10.3 Å². The van der Waals surface area contributed by atoms with Crippen molar-refractivity contribution in [2.24, 2.45) is 0 Å². The van der Waals surface area contributed by atoms with Crippen molar-refractivity contribution in [2.45, 2.75) is 40.3 Å². The van der Waals surface area contributed by atoms with E-state index < -0.39 is 0 Å². The Hall–Kier alpha value is -1.13. The van der Waals surface area contributed by atoms with Crippen LogP contribution in [0.4, 0.5) is 5.82 Å². The number of morpholine rings is 1. The monoisotopic (exact) mass is 263 g/mol. The van der Waals surface area contributed by atoms with Crippen LogP contribution in [0.2, 0.25) is 0 Å². The number of hydrogen-bond donors (Lipinski definition) is 1. The molecule has 1 N–H and O–H groups in total. The Bertz CT molecular complexity index is 434. The number of rotatable bonds is 4. The smallest absolute Gasteiger partial charge is 0.134 e. The molecule has 1 aromatic heterocycles. The molecule has 1 aliphatic heterocycles. The van der Waals surface area contributed by atoms with E-state index in [2.05, 4.69) is 44.0 Å². The Kier molecular flexibility index (Phi) is 4.77. The molecule has 1 saturated heterocycles. The molecule has 0 amide bonds. The van der Waals surface area contributed by atoms with Crippen molar-refractivity contribution < 1.29 is 4.74 Å². The van der Waals surface area contributed by atoms with Crippen LogP contribution >= 0.6 is 0 Å². The number of aromatic nitrogens is 1. The van der Waals surface area contributed by atoms with E-state index in [1.807, 2.05) is 0 Å². The Balaban J connectivity index is 2.35. The molecule has 1 aromatic rings. The van der Waals surface area contributed by atoms with Crippen molar-refractivity contribution in [3.63, 3.8) is 0 Å². The Morgan fingerprint density at radius 3 is 2.95 bits per heavy atom. The molecule has 1 atom stereocenters. The summed E-state index contributed by atoms with van der Waals surface area (Å²) in [6, 6.07) is 2.56. The van der Waals surface area contributed by atoms with Gasteiger partial charge in [0.15, 0.2) is 0 Å². The van der Waals surface area contributed by atoms with Gasteiger partial charge in [0.2, 0.25) is 0 Å². The summed E-state index contributed by atoms with van der Waals surface area (Å²) < 4.78 is 5.53. The molecule has 4 nitrogen and oxygen atoms in total. The second-order valence-electron chi connectivity index (χ2n) is 5.28. The fourth-order valence-corrected chi connectivity index (χ4v) is 2.59. The molecule has 0 saturated carbocycles. The number of pyridine rings is 1. The fourth-order valence-electron chi connectivity index (χ4n) is 2.59. The average molecular weight is 263 g/mol. The first kappa shape index (κ1) is 14.3. The Morgan fingerprint density at radius 1 is 1.47 bits per heavy atom. The van der Waals surface area contributed by atoms with Gasteiger partial charge in [-0.2, -0.15) is 0 Å². The third-order valence-corrected chi connectivity index (χ3v) is 3.65. The van der Waals surface area contributed by atoms with Gasteiger partial charge >= 0.3 is 0 Å². The molecule has 1 aliphatic rings. The van der Waals surface area contributed by atoms with Crippen LogP contribution in [-0.2, 0) is 11.3 Å². The zero-order chi connectivity index (χ0) is 13.8. The minimum atomic E-state index is 0.392. The summed E-state index contributed by atoms with van der Waals surface area (Å²) in [7, 11) is 0. The number of nitrogens with zero attached hydrogens (tertiary/aromatic N) is 2. The maximum Gasteiger partial charge on any atom is 0.134 e. The second kappa shape index (κ2) is 6.35. The summed E-state index contributed by atoms with van der Waals surface area (Å²) in [5.74, 6) is 1.13. The van der Waals surface area contributed by atoms with Crippen LogP contribution in [0.15, 0.2) is 6.07 Å². The van der Waals surface area contributed by atoms with Gasteiger partial charge in [-0.05, 0) is 38.9 Å². The molecule has 1 unspecified atom stereocenters. The molecular formula is C15H25N3O. The molecule has 1 fully saturated rings. The second-order valence-corrected chi connectivity index (χ2v) is 5.28. The van der Waals surface area contributed by atoms with Crippen molar-refractivity contribution >= 4 is 5.82 Å². The largest absolute Gasteiger partial charge is 0.377 e. The highest BCUT2D eigenvalue weighted by atomic mass is 16.5. The van der Waals surface area contributed by atoms with Gasteiger partial charge in [0, 0.05) is 24.3 Å². The Labute approximate surface area is 116 Å². The molecule has 2 rings (SSSR count). The van der Waals surface area contributed by atoms with Gasteiger partial charge in [-0.15, -0.1) is 0 Å². The first-order chi connectivity index (χ1) is 9.13. The molecule has 0 aliphatic carbocycles. The maximum atomic E-state index is 5.53. The molecule has 106 valence electrons. The molecule has 4 heteroatoms. The van der Waals surface area contributed by atoms with Gasteiger partial charge in [-0.1, -0.05) is 6.92 Å². The van der Waals surface area contributed by atoms with Gasteiger partial charge in [0.25, 0.3) is 0 Å². The highest BCUT2D eigenvalue weighted by Crippen LogP contribution is 2.25. The van der Waals surface area contributed by atoms with E-state index in [1.54, 1.807) is 0 Å². The van der Waals surface area contributed by atoms with Crippen LogP contribution in [-0.4, -0.2) is 37.3 Å². The molecule has 0 radical (unpaired) electrons. The van der Waals surface area contributed by atoms with Gasteiger partial charge in [0.1, 0.15) is 5.82 Å². The lowest BCUT2D eigenvalue weighted by molar-refractivity contribution is 0.0984. The molecule has 0 bridgehead atoms. The van der Waals surface area contributed by atoms with E-state index in [-0.39, 0.29) is 0 Å². The van der Waals surface area contributed by atoms with E-state index in [0.717, 1.165) is 44.4 Å². The lowest BCUT2D eigenvalue weighted by Crippen LogP contribution is -2.45. The fraction of sp³-hybridized carbons (Fsp3) is 0.667. The molecular weight excluding hydrogens is 238 g/mol. The number of ether oxygens (including phenoxy) is 1. The lowest BCUT2D eigenvalue weighted by atomic mass is 10.1. The van der Waals surface area contributed by atoms with Crippen LogP contribution in [0, 0.1) is 13.8 Å². The topological polar surface area (TPSA) is 37.4 Å². The van der Waals surface area contributed by atoms with Gasteiger partial charge in [0.05, 0.1) is 19.3 Å². The van der Waals surface area contributed by atoms with Crippen molar-refractivity contribution in [2.75, 3.05) is 31.2 Å². The minimum Gasteiger partial charge on any atom is -0.377 e. The summed E-state index contributed by atoms with van der Waals surface area (Å²) in [5, 5.41) is 3.42. The first-order valence-corrected chi connectivity index (χ1v) is 7.15. The highest BCUT2D eigenvalue weighted by Gasteiger charge is 2.23. The van der Waals surface area contributed by atoms with Crippen LogP contribution < -0.4 is 10.2 Å². The molecule has 19 heavy (non-hydrogen) atoms. The third kappa shape index (κ3) is 3.25. The minimum absolute atomic E-state index is 0.392. The predicted molar refractivity (Wildman–Crippen MR) is 78.7 cm³/mol. The normalized spacial score (nSPS) is 19.8. The van der Waals surface area contributed by atoms with Crippen LogP contribution in [0.1, 0.15) is 30.7 Å². The number of anilines is 1. The van der Waals surface area contributed by atoms with Crippen LogP contribution in [0.25, 0.3) is 0 Å². The lowest BCUT2D eigenvalue weighted by Gasteiger charge is -2.36. The number of nitrogens with one attached hydrogen (secondary N) is 1. The standard InChI is InChI=1S/C15H25N3O/c1-5-16-9-14-11(2)8-12(3)17-15(14)18-6-7-19-10-13(18)4/h8,13,16H,5-7,9-10H2,1-4H3. The Morgan fingerprint density at radius 2 is 2.26 bits per heavy atom. The van der Waals surface area contributed by atoms with Crippen molar-refractivity contribution in [1.29, 1.82) is 0 Å². The average Bonchev–Trinajstić information content (AvgIpc) is 2.37. The SMILES string of the molecule is CCNCc1c(C)cc(C)nc1N1CCOCC1C. The summed E-state index contributed by atoms with van der Waals surface area (Å²) in [6.45, 7) is 12.9. The summed E-state index contributed by atoms with van der Waals surface area (Å²) in [5.41, 5.74) is 3.73. The molecule has 0 spiro atoms. The third-order valence-electron chi connectivity index (χ3n) is 3.65. The van der Waals surface area contributed by atoms with Crippen LogP contribution in [0.5, 0.6) is 0 Å². The van der Waals surface area contributed by atoms with Gasteiger partial charge < -0.3 is 15.0 Å². The van der Waals surface area contributed by atoms with Gasteiger partial charge in [-0.25, -0.2) is 4.98 Å². The van der Waals surface area contributed by atoms with E-state index >= 15 is 0 Å². The molecule has 2 heterocycles. The van der Waals surface area contributed by atoms with Gasteiger partial charge in [-0.3, -0.25) is 0 Å². The molecule has 0 aromatic carbocycles. The zero-order valence-corrected chi connectivity index (χ0v) is 12.5. The maximum absolute atomic E-state index is 5.53. The predicted octanol–water partition coefficient (Wildman–Crippen LogP) is 2.03. The summed E-state index contributed by atoms with van der Waals surface area (Å²) >= 11 is 0. The highest BCUT2D eigenvalue weighted by molar-refractivity contribution is 5.52. The van der Waals surface area contributed by atoms with Crippen molar-refractivity contribution in [3.8, 4) is 0 Å². The summed E-state index contributed by atoms with van der Waals surface area (Å²) in [4.78, 5) is 7.18. The van der Waals surface area contributed by atoms with E-state index in [0.29, 0.717) is 6.04 Å². The van der Waals surface area contributed by atoms with E-state index in [9.17, 15) is 0 Å². The van der Waals surface area contributed by atoms with Crippen LogP contribution in [0.3, 0.4) is 0 Å². The zero-order valence-electron chi connectivity index (χ0n) is 12.5. The van der Waals surface area contributed by atoms with E-state index in [1.165, 1.54) is 11.1 Å². The summed E-state index contributed by atoms with van der Waals surface area (Å²) in [6.07, 6.45) is 0. The van der Waals surface area contributed by atoms with Crippen molar-refractivity contribution in [3.05, 3.63) is 22.9 Å². The number of aryl methyl sites for hydroxylation is 2. The number of hydrogen-bond acceptors (Lipinski definition) is 4.